The molecule has 204 valence electrons. The Kier molecular flexibility index (Phi) is 12.5. The van der Waals surface area contributed by atoms with Gasteiger partial charge < -0.3 is 43.2 Å². The Balaban J connectivity index is 2.08. The number of nitrogens with two attached hydrogens (primary N) is 3. The Morgan fingerprint density at radius 1 is 0.892 bits per heavy atom. The number of carboxylic acids is 1. The molecule has 37 heavy (non-hydrogen) atoms. The fraction of sp³-hybridized carbons (Fsp3) is 0.520. The maximum Gasteiger partial charge on any atom is 0.326 e. The van der Waals surface area contributed by atoms with E-state index < -0.39 is 41.8 Å². The quantitative estimate of drug-likeness (QED) is 0.127. The molecular weight excluding hydrogens is 478 g/mol. The summed E-state index contributed by atoms with van der Waals surface area (Å²) in [5, 5.41) is 18.1. The zero-order valence-corrected chi connectivity index (χ0v) is 21.0. The number of fused-ring (bicyclic) bond motifs is 1. The molecule has 0 aliphatic rings. The number of benzene rings is 1. The molecule has 0 saturated heterocycles. The largest absolute Gasteiger partial charge is 0.480 e. The zero-order valence-electron chi connectivity index (χ0n) is 21.0. The molecule has 3 atom stereocenters. The maximum absolute atomic E-state index is 13.1. The van der Waals surface area contributed by atoms with Crippen LogP contribution in [0.15, 0.2) is 30.5 Å². The number of hydrogen-bond donors (Lipinski definition) is 8. The van der Waals surface area contributed by atoms with Crippen LogP contribution >= 0.6 is 0 Å². The van der Waals surface area contributed by atoms with Crippen molar-refractivity contribution >= 4 is 34.6 Å². The predicted molar refractivity (Wildman–Crippen MR) is 140 cm³/mol. The van der Waals surface area contributed by atoms with Crippen LogP contribution < -0.4 is 33.2 Å². The van der Waals surface area contributed by atoms with Gasteiger partial charge in [-0.15, -0.1) is 0 Å². The van der Waals surface area contributed by atoms with E-state index in [1.54, 1.807) is 6.20 Å². The minimum Gasteiger partial charge on any atom is -0.480 e. The van der Waals surface area contributed by atoms with E-state index in [2.05, 4.69) is 20.9 Å². The van der Waals surface area contributed by atoms with Crippen LogP contribution in [0.1, 0.15) is 44.1 Å². The number of aliphatic carboxylic acids is 1. The molecule has 1 aromatic heterocycles. The number of amides is 3. The molecule has 0 bridgehead atoms. The van der Waals surface area contributed by atoms with Crippen molar-refractivity contribution in [2.45, 2.75) is 63.1 Å². The molecule has 1 heterocycles. The zero-order chi connectivity index (χ0) is 27.2. The highest BCUT2D eigenvalue weighted by Crippen LogP contribution is 2.19. The highest BCUT2D eigenvalue weighted by molar-refractivity contribution is 5.93. The molecule has 2 aromatic rings. The van der Waals surface area contributed by atoms with E-state index in [1.807, 2.05) is 24.3 Å². The average molecular weight is 518 g/mol. The first-order chi connectivity index (χ1) is 17.8. The van der Waals surface area contributed by atoms with Crippen LogP contribution in [0.5, 0.6) is 0 Å². The number of aromatic amines is 1. The van der Waals surface area contributed by atoms with Crippen molar-refractivity contribution in [1.82, 2.24) is 20.9 Å². The number of H-pyrrole nitrogens is 1. The number of carboxylic acid groups (broad SMARTS) is 1. The van der Waals surface area contributed by atoms with E-state index in [0.29, 0.717) is 38.8 Å². The second-order valence-electron chi connectivity index (χ2n) is 8.98. The van der Waals surface area contributed by atoms with Crippen molar-refractivity contribution in [3.05, 3.63) is 36.0 Å². The number of aromatic nitrogens is 1. The van der Waals surface area contributed by atoms with Gasteiger partial charge in [-0.3, -0.25) is 14.4 Å². The molecule has 0 aliphatic carbocycles. The van der Waals surface area contributed by atoms with Gasteiger partial charge in [0.25, 0.3) is 0 Å². The van der Waals surface area contributed by atoms with E-state index >= 15 is 0 Å². The van der Waals surface area contributed by atoms with Gasteiger partial charge in [0, 0.05) is 23.5 Å². The van der Waals surface area contributed by atoms with Crippen LogP contribution in [0.2, 0.25) is 0 Å². The number of nitrogens with one attached hydrogen (secondary N) is 4. The lowest BCUT2D eigenvalue weighted by Gasteiger charge is -2.22. The van der Waals surface area contributed by atoms with Gasteiger partial charge in [0.05, 0.1) is 12.6 Å². The number of carbonyl (C=O) groups excluding carboxylic acids is 3. The molecule has 0 saturated carbocycles. The Bertz CT molecular complexity index is 1040. The fourth-order valence-electron chi connectivity index (χ4n) is 3.94. The summed E-state index contributed by atoms with van der Waals surface area (Å²) in [5.74, 6) is -2.88. The van der Waals surface area contributed by atoms with Crippen LogP contribution in [-0.2, 0) is 25.6 Å². The van der Waals surface area contributed by atoms with Gasteiger partial charge in [-0.05, 0) is 56.8 Å². The van der Waals surface area contributed by atoms with E-state index in [4.69, 9.17) is 17.2 Å². The number of para-hydroxylation sites is 1. The first kappa shape index (κ1) is 29.7. The molecule has 11 N–H and O–H groups in total. The molecular formula is C25H39N7O5. The van der Waals surface area contributed by atoms with Gasteiger partial charge >= 0.3 is 5.97 Å². The van der Waals surface area contributed by atoms with Crippen LogP contribution in [0, 0.1) is 0 Å². The van der Waals surface area contributed by atoms with Gasteiger partial charge in [0.15, 0.2) is 0 Å². The predicted octanol–water partition coefficient (Wildman–Crippen LogP) is -0.534. The summed E-state index contributed by atoms with van der Waals surface area (Å²) < 4.78 is 0. The highest BCUT2D eigenvalue weighted by atomic mass is 16.4. The van der Waals surface area contributed by atoms with Gasteiger partial charge in [0.2, 0.25) is 17.7 Å². The lowest BCUT2D eigenvalue weighted by atomic mass is 10.0. The molecule has 0 spiro atoms. The summed E-state index contributed by atoms with van der Waals surface area (Å²) in [7, 11) is 0. The summed E-state index contributed by atoms with van der Waals surface area (Å²) in [6.45, 7) is 0.550. The van der Waals surface area contributed by atoms with Crippen molar-refractivity contribution in [2.75, 3.05) is 19.6 Å². The van der Waals surface area contributed by atoms with Crippen LogP contribution in [-0.4, -0.2) is 71.5 Å². The molecule has 3 amide bonds. The van der Waals surface area contributed by atoms with E-state index in [1.165, 1.54) is 0 Å². The topological polar surface area (TPSA) is 218 Å². The Labute approximate surface area is 216 Å². The van der Waals surface area contributed by atoms with Crippen molar-refractivity contribution in [1.29, 1.82) is 0 Å². The first-order valence-corrected chi connectivity index (χ1v) is 12.6. The molecule has 0 fully saturated rings. The smallest absolute Gasteiger partial charge is 0.326 e. The van der Waals surface area contributed by atoms with Crippen LogP contribution in [0.25, 0.3) is 10.9 Å². The molecule has 0 radical (unpaired) electrons. The summed E-state index contributed by atoms with van der Waals surface area (Å²) in [6, 6.07) is 4.54. The maximum atomic E-state index is 13.1. The van der Waals surface area contributed by atoms with Crippen LogP contribution in [0.3, 0.4) is 0 Å². The summed E-state index contributed by atoms with van der Waals surface area (Å²) in [5.41, 5.74) is 18.4. The van der Waals surface area contributed by atoms with Crippen LogP contribution in [0.4, 0.5) is 0 Å². The Hall–Kier alpha value is -3.48. The summed E-state index contributed by atoms with van der Waals surface area (Å²) in [4.78, 5) is 52.8. The third-order valence-electron chi connectivity index (χ3n) is 6.04. The molecule has 2 rings (SSSR count). The van der Waals surface area contributed by atoms with Gasteiger partial charge in [-0.25, -0.2) is 4.79 Å². The molecule has 0 aliphatic heterocycles. The lowest BCUT2D eigenvalue weighted by Crippen LogP contribution is -2.54. The van der Waals surface area contributed by atoms with E-state index in [0.717, 1.165) is 22.9 Å². The minimum atomic E-state index is -1.17. The Morgan fingerprint density at radius 2 is 1.57 bits per heavy atom. The highest BCUT2D eigenvalue weighted by Gasteiger charge is 2.27. The third-order valence-corrected chi connectivity index (χ3v) is 6.04. The van der Waals surface area contributed by atoms with E-state index in [-0.39, 0.29) is 19.4 Å². The first-order valence-electron chi connectivity index (χ1n) is 12.6. The Morgan fingerprint density at radius 3 is 2.24 bits per heavy atom. The standard InChI is InChI=1S/C25H39N7O5/c26-11-5-3-8-18(28)23(34)30-15-22(33)31-21(13-16-14-29-19-9-2-1-7-17(16)19)24(35)32-20(25(36)37)10-4-6-12-27/h1-2,7,9,14,18,20-21,29H,3-6,8,10-13,15,26-28H2,(H,30,34)(H,31,33)(H,32,35)(H,36,37). The number of unbranched alkanes of at least 4 members (excludes halogenated alkanes) is 2. The fourth-order valence-corrected chi connectivity index (χ4v) is 3.94. The molecule has 1 aromatic carbocycles. The molecule has 12 nitrogen and oxygen atoms in total. The van der Waals surface area contributed by atoms with Gasteiger partial charge in [0.1, 0.15) is 12.1 Å². The van der Waals surface area contributed by atoms with Crippen molar-refractivity contribution in [2.24, 2.45) is 17.2 Å². The average Bonchev–Trinajstić information content (AvgIpc) is 3.29. The SMILES string of the molecule is NCCCCC(N)C(=O)NCC(=O)NC(Cc1c[nH]c2ccccc12)C(=O)NC(CCCCN)C(=O)O. The van der Waals surface area contributed by atoms with Crippen molar-refractivity contribution < 1.29 is 24.3 Å². The second kappa shape index (κ2) is 15.6. The monoisotopic (exact) mass is 517 g/mol. The summed E-state index contributed by atoms with van der Waals surface area (Å²) in [6.07, 6.45) is 5.11. The van der Waals surface area contributed by atoms with Gasteiger partial charge in [-0.1, -0.05) is 24.6 Å². The second-order valence-corrected chi connectivity index (χ2v) is 8.98. The minimum absolute atomic E-state index is 0.114. The van der Waals surface area contributed by atoms with Crippen molar-refractivity contribution in [3.8, 4) is 0 Å². The number of carbonyl (C=O) groups is 4. The lowest BCUT2D eigenvalue weighted by molar-refractivity contribution is -0.142. The van der Waals surface area contributed by atoms with Gasteiger partial charge in [-0.2, -0.15) is 0 Å². The number of rotatable bonds is 17. The molecule has 12 heteroatoms. The summed E-state index contributed by atoms with van der Waals surface area (Å²) >= 11 is 0. The number of hydrogen-bond acceptors (Lipinski definition) is 7. The van der Waals surface area contributed by atoms with E-state index in [9.17, 15) is 24.3 Å². The normalized spacial score (nSPS) is 13.5. The third kappa shape index (κ3) is 9.83. The molecule has 3 unspecified atom stereocenters. The van der Waals surface area contributed by atoms with Crippen molar-refractivity contribution in [3.63, 3.8) is 0 Å².